The predicted octanol–water partition coefficient (Wildman–Crippen LogP) is 3.41. The van der Waals surface area contributed by atoms with E-state index >= 15 is 0 Å². The summed E-state index contributed by atoms with van der Waals surface area (Å²) < 4.78 is 70.4. The molecule has 1 aromatic carbocycles. The molecule has 0 radical (unpaired) electrons. The first kappa shape index (κ1) is 4.93. The van der Waals surface area contributed by atoms with Crippen molar-refractivity contribution in [2.75, 3.05) is 0 Å². The largest absolute Gasteiger partial charge is 0.212 e. The molecule has 2 rings (SSSR count). The summed E-state index contributed by atoms with van der Waals surface area (Å²) in [4.78, 5) is 0. The maximum absolute atomic E-state index is 7.76. The molecular formula is C16H20N+. The minimum absolute atomic E-state index is 0.172. The molecule has 0 unspecified atom stereocenters. The SMILES string of the molecule is [2H]C([2H])([2H])c1cccc(-c2ccc(C([2H])([2H])[2H])c(C([2H])([2H])[2H])[n+]2C)c1C. The van der Waals surface area contributed by atoms with Crippen molar-refractivity contribution in [3.63, 3.8) is 0 Å². The van der Waals surface area contributed by atoms with E-state index in [1.54, 1.807) is 19.1 Å². The number of benzene rings is 1. The van der Waals surface area contributed by atoms with E-state index in [2.05, 4.69) is 0 Å². The van der Waals surface area contributed by atoms with Gasteiger partial charge in [0, 0.05) is 36.4 Å². The normalized spacial score (nSPS) is 20.7. The lowest BCUT2D eigenvalue weighted by molar-refractivity contribution is -0.667. The molecule has 0 aliphatic rings. The molecule has 2 aromatic rings. The van der Waals surface area contributed by atoms with Crippen molar-refractivity contribution < 1.29 is 16.9 Å². The quantitative estimate of drug-likeness (QED) is 0.667. The Balaban J connectivity index is 2.83. The van der Waals surface area contributed by atoms with Gasteiger partial charge in [-0.05, 0) is 43.9 Å². The van der Waals surface area contributed by atoms with Crippen LogP contribution in [0.15, 0.2) is 30.3 Å². The van der Waals surface area contributed by atoms with Gasteiger partial charge >= 0.3 is 0 Å². The van der Waals surface area contributed by atoms with Crippen molar-refractivity contribution >= 4 is 0 Å². The van der Waals surface area contributed by atoms with Gasteiger partial charge in [-0.3, -0.25) is 0 Å². The summed E-state index contributed by atoms with van der Waals surface area (Å²) >= 11 is 0. The van der Waals surface area contributed by atoms with Crippen LogP contribution in [0.2, 0.25) is 0 Å². The Morgan fingerprint density at radius 2 is 1.82 bits per heavy atom. The molecule has 17 heavy (non-hydrogen) atoms. The van der Waals surface area contributed by atoms with Gasteiger partial charge in [0.05, 0.1) is 0 Å². The van der Waals surface area contributed by atoms with Gasteiger partial charge in [0.2, 0.25) is 5.69 Å². The van der Waals surface area contributed by atoms with Gasteiger partial charge in [0.1, 0.15) is 7.05 Å². The van der Waals surface area contributed by atoms with Crippen LogP contribution in [-0.2, 0) is 7.05 Å². The fraction of sp³-hybridized carbons (Fsp3) is 0.312. The first-order valence-electron chi connectivity index (χ1n) is 9.80. The van der Waals surface area contributed by atoms with E-state index in [9.17, 15) is 0 Å². The molecule has 0 fully saturated rings. The minimum Gasteiger partial charge on any atom is -0.198 e. The van der Waals surface area contributed by atoms with Gasteiger partial charge < -0.3 is 0 Å². The number of aryl methyl sites for hydroxylation is 2. The molecule has 0 N–H and O–H groups in total. The summed E-state index contributed by atoms with van der Waals surface area (Å²) in [5.41, 5.74) is 1.13. The van der Waals surface area contributed by atoms with E-state index in [-0.39, 0.29) is 16.8 Å². The highest BCUT2D eigenvalue weighted by Gasteiger charge is 2.15. The molecule has 1 aromatic heterocycles. The summed E-state index contributed by atoms with van der Waals surface area (Å²) in [5, 5.41) is 0. The second-order valence-corrected chi connectivity index (χ2v) is 4.02. The van der Waals surface area contributed by atoms with E-state index in [0.717, 1.165) is 0 Å². The molecule has 1 nitrogen and oxygen atoms in total. The molecule has 0 bridgehead atoms. The number of hydrogen-bond donors (Lipinski definition) is 0. The van der Waals surface area contributed by atoms with E-state index < -0.39 is 20.6 Å². The first-order chi connectivity index (χ1) is 11.7. The van der Waals surface area contributed by atoms with E-state index in [4.69, 9.17) is 12.3 Å². The van der Waals surface area contributed by atoms with Crippen LogP contribution < -0.4 is 4.57 Å². The highest BCUT2D eigenvalue weighted by molar-refractivity contribution is 5.62. The maximum Gasteiger partial charge on any atom is 0.212 e. The topological polar surface area (TPSA) is 3.88 Å². The second kappa shape index (κ2) is 4.33. The first-order valence-corrected chi connectivity index (χ1v) is 5.30. The zero-order valence-corrected chi connectivity index (χ0v) is 9.83. The number of pyridine rings is 1. The Kier molecular flexibility index (Phi) is 1.25. The fourth-order valence-electron chi connectivity index (χ4n) is 1.84. The predicted molar refractivity (Wildman–Crippen MR) is 72.0 cm³/mol. The lowest BCUT2D eigenvalue weighted by Gasteiger charge is -2.09. The van der Waals surface area contributed by atoms with Crippen LogP contribution in [0, 0.1) is 27.5 Å². The molecule has 88 valence electrons. The monoisotopic (exact) mass is 235 g/mol. The van der Waals surface area contributed by atoms with Crippen LogP contribution in [0.3, 0.4) is 0 Å². The highest BCUT2D eigenvalue weighted by atomic mass is 14.9. The molecule has 0 aliphatic heterocycles. The number of nitrogens with zero attached hydrogens (tertiary/aromatic N) is 1. The summed E-state index contributed by atoms with van der Waals surface area (Å²) in [6, 6.07) is 7.59. The molecule has 0 saturated carbocycles. The van der Waals surface area contributed by atoms with Crippen LogP contribution >= 0.6 is 0 Å². The van der Waals surface area contributed by atoms with Crippen molar-refractivity contribution in [1.82, 2.24) is 0 Å². The van der Waals surface area contributed by atoms with Crippen molar-refractivity contribution in [3.8, 4) is 11.3 Å². The van der Waals surface area contributed by atoms with Crippen LogP contribution in [0.5, 0.6) is 0 Å². The lowest BCUT2D eigenvalue weighted by Crippen LogP contribution is -2.35. The summed E-state index contributed by atoms with van der Waals surface area (Å²) in [7, 11) is 1.48. The van der Waals surface area contributed by atoms with Gasteiger partial charge in [-0.25, -0.2) is 0 Å². The van der Waals surface area contributed by atoms with Crippen molar-refractivity contribution in [2.45, 2.75) is 27.5 Å². The Hall–Kier alpha value is -1.63. The number of aromatic nitrogens is 1. The minimum atomic E-state index is -2.63. The molecule has 1 heteroatoms. The molecule has 0 amide bonds. The average Bonchev–Trinajstić information content (AvgIpc) is 2.44. The third-order valence-electron chi connectivity index (χ3n) is 2.97. The standard InChI is InChI=1S/C16H20N/c1-11-7-6-8-15(13(11)3)16-10-9-12(2)14(4)17(16)5/h6-10H,1-5H3/q+1/i1D3,2D3,4D3. The zero-order chi connectivity index (χ0) is 20.1. The average molecular weight is 235 g/mol. The molecule has 0 spiro atoms. The van der Waals surface area contributed by atoms with Crippen molar-refractivity contribution in [1.29, 1.82) is 0 Å². The second-order valence-electron chi connectivity index (χ2n) is 4.02. The Morgan fingerprint density at radius 3 is 2.53 bits per heavy atom. The fourth-order valence-corrected chi connectivity index (χ4v) is 1.84. The molecule has 0 saturated heterocycles. The summed E-state index contributed by atoms with van der Waals surface area (Å²) in [6.07, 6.45) is 0. The van der Waals surface area contributed by atoms with Gasteiger partial charge in [-0.15, -0.1) is 0 Å². The summed E-state index contributed by atoms with van der Waals surface area (Å²) in [6.45, 7) is -5.85. The smallest absolute Gasteiger partial charge is 0.198 e. The number of rotatable bonds is 1. The van der Waals surface area contributed by atoms with Gasteiger partial charge in [0.15, 0.2) is 5.69 Å². The molecule has 1 heterocycles. The maximum atomic E-state index is 7.76. The molecule has 0 atom stereocenters. The molecule has 0 aliphatic carbocycles. The van der Waals surface area contributed by atoms with Crippen LogP contribution in [0.25, 0.3) is 11.3 Å². The van der Waals surface area contributed by atoms with E-state index in [1.807, 2.05) is 0 Å². The van der Waals surface area contributed by atoms with E-state index in [0.29, 0.717) is 16.8 Å². The molecular weight excluding hydrogens is 206 g/mol. The van der Waals surface area contributed by atoms with Crippen LogP contribution in [-0.4, -0.2) is 0 Å². The Morgan fingerprint density at radius 1 is 1.00 bits per heavy atom. The summed E-state index contributed by atoms with van der Waals surface area (Å²) in [5.74, 6) is 0. The Bertz CT molecular complexity index is 829. The third kappa shape index (κ3) is 1.97. The van der Waals surface area contributed by atoms with Gasteiger partial charge in [-0.1, -0.05) is 12.1 Å². The van der Waals surface area contributed by atoms with Gasteiger partial charge in [-0.2, -0.15) is 4.57 Å². The third-order valence-corrected chi connectivity index (χ3v) is 2.97. The van der Waals surface area contributed by atoms with Gasteiger partial charge in [0.25, 0.3) is 0 Å². The lowest BCUT2D eigenvalue weighted by atomic mass is 9.99. The van der Waals surface area contributed by atoms with Crippen molar-refractivity contribution in [3.05, 3.63) is 52.7 Å². The zero-order valence-electron chi connectivity index (χ0n) is 18.8. The van der Waals surface area contributed by atoms with Crippen molar-refractivity contribution in [2.24, 2.45) is 7.05 Å². The number of hydrogen-bond acceptors (Lipinski definition) is 0. The van der Waals surface area contributed by atoms with Crippen LogP contribution in [0.1, 0.15) is 34.7 Å². The van der Waals surface area contributed by atoms with Crippen LogP contribution in [0.4, 0.5) is 0 Å². The van der Waals surface area contributed by atoms with E-state index in [1.165, 1.54) is 29.8 Å². The Labute approximate surface area is 116 Å². The highest BCUT2D eigenvalue weighted by Crippen LogP contribution is 2.23.